The fraction of sp³-hybridized carbons (Fsp3) is 0.176. The lowest BCUT2D eigenvalue weighted by Crippen LogP contribution is -2.26. The molecule has 1 aromatic carbocycles. The molecule has 0 bridgehead atoms. The molecule has 0 aliphatic carbocycles. The molecule has 24 heavy (non-hydrogen) atoms. The second-order valence-corrected chi connectivity index (χ2v) is 5.60. The maximum atomic E-state index is 12.5. The number of carbonyl (C=O) groups excluding carboxylic acids is 1. The molecule has 2 heterocycles. The van der Waals surface area contributed by atoms with Gasteiger partial charge in [-0.2, -0.15) is 0 Å². The summed E-state index contributed by atoms with van der Waals surface area (Å²) in [4.78, 5) is 20.4. The molecule has 3 aromatic rings. The largest absolute Gasteiger partial charge is 0.360 e. The predicted molar refractivity (Wildman–Crippen MR) is 89.8 cm³/mol. The van der Waals surface area contributed by atoms with Crippen molar-refractivity contribution >= 4 is 17.5 Å². The molecule has 2 aromatic heterocycles. The number of nitrogens with one attached hydrogen (secondary N) is 1. The third-order valence-electron chi connectivity index (χ3n) is 3.53. The molecule has 0 unspecified atom stereocenters. The lowest BCUT2D eigenvalue weighted by Gasteiger charge is -2.06. The van der Waals surface area contributed by atoms with Gasteiger partial charge in [0.15, 0.2) is 0 Å². The van der Waals surface area contributed by atoms with E-state index in [2.05, 4.69) is 20.4 Å². The number of carbonyl (C=O) groups is 1. The van der Waals surface area contributed by atoms with Crippen LogP contribution in [0.15, 0.2) is 47.5 Å². The molecule has 0 saturated heterocycles. The van der Waals surface area contributed by atoms with Gasteiger partial charge in [-0.1, -0.05) is 35.0 Å². The Morgan fingerprint density at radius 1 is 1.25 bits per heavy atom. The molecule has 0 radical (unpaired) electrons. The number of aryl methyl sites for hydroxylation is 1. The minimum Gasteiger partial charge on any atom is -0.360 e. The Kier molecular flexibility index (Phi) is 4.86. The first kappa shape index (κ1) is 16.1. The van der Waals surface area contributed by atoms with Crippen molar-refractivity contribution in [3.05, 3.63) is 64.9 Å². The third kappa shape index (κ3) is 3.44. The summed E-state index contributed by atoms with van der Waals surface area (Å²) >= 11 is 6.20. The molecule has 7 heteroatoms. The van der Waals surface area contributed by atoms with Crippen LogP contribution in [-0.2, 0) is 6.42 Å². The lowest BCUT2D eigenvalue weighted by atomic mass is 10.1. The molecule has 6 nitrogen and oxygen atoms in total. The number of hydrogen-bond donors (Lipinski definition) is 1. The molecule has 0 spiro atoms. The van der Waals surface area contributed by atoms with Crippen molar-refractivity contribution < 1.29 is 9.32 Å². The van der Waals surface area contributed by atoms with Gasteiger partial charge >= 0.3 is 0 Å². The van der Waals surface area contributed by atoms with Crippen LogP contribution in [0.25, 0.3) is 11.3 Å². The molecule has 0 aliphatic heterocycles. The number of aromatic nitrogens is 3. The number of benzene rings is 1. The smallest absolute Gasteiger partial charge is 0.257 e. The third-order valence-corrected chi connectivity index (χ3v) is 3.86. The molecule has 0 atom stereocenters. The zero-order chi connectivity index (χ0) is 16.9. The summed E-state index contributed by atoms with van der Waals surface area (Å²) in [5.74, 6) is 0.200. The van der Waals surface area contributed by atoms with Crippen molar-refractivity contribution in [3.8, 4) is 11.3 Å². The Bertz CT molecular complexity index is 849. The van der Waals surface area contributed by atoms with Crippen LogP contribution in [0.2, 0.25) is 5.02 Å². The van der Waals surface area contributed by atoms with E-state index in [1.54, 1.807) is 31.5 Å². The summed E-state index contributed by atoms with van der Waals surface area (Å²) < 4.78 is 5.20. The number of nitrogens with zero attached hydrogens (tertiary/aromatic N) is 3. The minimum absolute atomic E-state index is 0.250. The van der Waals surface area contributed by atoms with Gasteiger partial charge < -0.3 is 9.84 Å². The summed E-state index contributed by atoms with van der Waals surface area (Å²) in [7, 11) is 0. The van der Waals surface area contributed by atoms with Crippen LogP contribution in [-0.4, -0.2) is 27.6 Å². The molecule has 122 valence electrons. The quantitative estimate of drug-likeness (QED) is 0.770. The van der Waals surface area contributed by atoms with Gasteiger partial charge in [0.2, 0.25) is 0 Å². The highest BCUT2D eigenvalue weighted by Crippen LogP contribution is 2.30. The first-order chi connectivity index (χ1) is 11.7. The second kappa shape index (κ2) is 7.23. The first-order valence-corrected chi connectivity index (χ1v) is 7.78. The van der Waals surface area contributed by atoms with Crippen LogP contribution in [0.4, 0.5) is 0 Å². The van der Waals surface area contributed by atoms with Crippen LogP contribution in [0, 0.1) is 6.92 Å². The standard InChI is InChI=1S/C17H15ClN4O2/c1-11-15(16(22-24-11)13-4-2-3-5-14(13)18)17(23)21-7-6-12-8-19-10-20-9-12/h2-5,8-10H,6-7H2,1H3,(H,21,23). The monoisotopic (exact) mass is 342 g/mol. The van der Waals surface area contributed by atoms with Gasteiger partial charge in [0.05, 0.1) is 5.02 Å². The highest BCUT2D eigenvalue weighted by atomic mass is 35.5. The van der Waals surface area contributed by atoms with E-state index in [1.807, 2.05) is 12.1 Å². The normalized spacial score (nSPS) is 10.6. The van der Waals surface area contributed by atoms with Crippen LogP contribution >= 0.6 is 11.6 Å². The summed E-state index contributed by atoms with van der Waals surface area (Å²) in [6, 6.07) is 7.21. The van der Waals surface area contributed by atoms with Crippen molar-refractivity contribution in [1.82, 2.24) is 20.4 Å². The Morgan fingerprint density at radius 3 is 2.75 bits per heavy atom. The zero-order valence-corrected chi connectivity index (χ0v) is 13.7. The molecule has 3 rings (SSSR count). The number of rotatable bonds is 5. The molecular formula is C17H15ClN4O2. The lowest BCUT2D eigenvalue weighted by molar-refractivity contribution is 0.0953. The van der Waals surface area contributed by atoms with Crippen molar-refractivity contribution in [3.63, 3.8) is 0 Å². The van der Waals surface area contributed by atoms with Gasteiger partial charge in [-0.25, -0.2) is 9.97 Å². The summed E-state index contributed by atoms with van der Waals surface area (Å²) in [6.45, 7) is 2.16. The number of amides is 1. The van der Waals surface area contributed by atoms with Crippen molar-refractivity contribution in [2.75, 3.05) is 6.54 Å². The van der Waals surface area contributed by atoms with Gasteiger partial charge in [0.1, 0.15) is 23.3 Å². The maximum Gasteiger partial charge on any atom is 0.257 e. The summed E-state index contributed by atoms with van der Waals surface area (Å²) in [5, 5.41) is 7.38. The summed E-state index contributed by atoms with van der Waals surface area (Å²) in [6.07, 6.45) is 5.55. The molecule has 0 aliphatic rings. The number of hydrogen-bond acceptors (Lipinski definition) is 5. The highest BCUT2D eigenvalue weighted by molar-refractivity contribution is 6.33. The fourth-order valence-electron chi connectivity index (χ4n) is 2.34. The van der Waals surface area contributed by atoms with E-state index >= 15 is 0 Å². The average Bonchev–Trinajstić information content (AvgIpc) is 2.97. The van der Waals surface area contributed by atoms with E-state index in [4.69, 9.17) is 16.1 Å². The van der Waals surface area contributed by atoms with Gasteiger partial charge in [0, 0.05) is 24.5 Å². The highest BCUT2D eigenvalue weighted by Gasteiger charge is 2.22. The molecule has 1 amide bonds. The SMILES string of the molecule is Cc1onc(-c2ccccc2Cl)c1C(=O)NCCc1cncnc1. The van der Waals surface area contributed by atoms with E-state index in [0.29, 0.717) is 40.6 Å². The Balaban J connectivity index is 1.76. The molecule has 0 saturated carbocycles. The Labute approximate surface area is 143 Å². The topological polar surface area (TPSA) is 80.9 Å². The van der Waals surface area contributed by atoms with Crippen LogP contribution in [0.5, 0.6) is 0 Å². The van der Waals surface area contributed by atoms with E-state index in [0.717, 1.165) is 5.56 Å². The predicted octanol–water partition coefficient (Wildman–Crippen LogP) is 3.07. The average molecular weight is 343 g/mol. The minimum atomic E-state index is -0.250. The number of halogens is 1. The summed E-state index contributed by atoms with van der Waals surface area (Å²) in [5.41, 5.74) is 2.45. The van der Waals surface area contributed by atoms with E-state index in [1.165, 1.54) is 6.33 Å². The van der Waals surface area contributed by atoms with E-state index < -0.39 is 0 Å². The van der Waals surface area contributed by atoms with E-state index in [9.17, 15) is 4.79 Å². The molecule has 0 fully saturated rings. The van der Waals surface area contributed by atoms with Crippen molar-refractivity contribution in [2.45, 2.75) is 13.3 Å². The van der Waals surface area contributed by atoms with Crippen molar-refractivity contribution in [1.29, 1.82) is 0 Å². The van der Waals surface area contributed by atoms with Crippen LogP contribution < -0.4 is 5.32 Å². The van der Waals surface area contributed by atoms with Crippen LogP contribution in [0.1, 0.15) is 21.7 Å². The maximum absolute atomic E-state index is 12.5. The fourth-order valence-corrected chi connectivity index (χ4v) is 2.57. The Morgan fingerprint density at radius 2 is 2.00 bits per heavy atom. The van der Waals surface area contributed by atoms with Crippen molar-refractivity contribution in [2.24, 2.45) is 0 Å². The Hall–Kier alpha value is -2.73. The second-order valence-electron chi connectivity index (χ2n) is 5.19. The van der Waals surface area contributed by atoms with Crippen LogP contribution in [0.3, 0.4) is 0 Å². The van der Waals surface area contributed by atoms with Gasteiger partial charge in [-0.05, 0) is 25.0 Å². The molecular weight excluding hydrogens is 328 g/mol. The van der Waals surface area contributed by atoms with Gasteiger partial charge in [0.25, 0.3) is 5.91 Å². The van der Waals surface area contributed by atoms with E-state index in [-0.39, 0.29) is 5.91 Å². The molecule has 1 N–H and O–H groups in total. The van der Waals surface area contributed by atoms with Gasteiger partial charge in [-0.15, -0.1) is 0 Å². The van der Waals surface area contributed by atoms with Gasteiger partial charge in [-0.3, -0.25) is 4.79 Å². The first-order valence-electron chi connectivity index (χ1n) is 7.40. The zero-order valence-electron chi connectivity index (χ0n) is 13.0.